The number of primary amides is 1. The number of phenolic OH excluding ortho intramolecular Hbond substituents is 1. The van der Waals surface area contributed by atoms with Crippen molar-refractivity contribution in [1.29, 1.82) is 0 Å². The summed E-state index contributed by atoms with van der Waals surface area (Å²) >= 11 is 0. The third-order valence-electron chi connectivity index (χ3n) is 7.72. The van der Waals surface area contributed by atoms with E-state index in [1.807, 2.05) is 25.9 Å². The zero-order chi connectivity index (χ0) is 28.1. The molecule has 0 bridgehead atoms. The maximum absolute atomic E-state index is 13.7. The van der Waals surface area contributed by atoms with Gasteiger partial charge in [0.2, 0.25) is 5.78 Å². The molecule has 1 aromatic rings. The highest BCUT2D eigenvalue weighted by molar-refractivity contribution is 6.22. The van der Waals surface area contributed by atoms with E-state index in [0.717, 1.165) is 12.2 Å². The number of benzene rings is 1. The Bertz CT molecular complexity index is 1310. The molecule has 0 heterocycles. The van der Waals surface area contributed by atoms with E-state index in [-0.39, 0.29) is 42.7 Å². The Balaban J connectivity index is 1.84. The lowest BCUT2D eigenvalue weighted by molar-refractivity contribution is -0.147. The summed E-state index contributed by atoms with van der Waals surface area (Å²) in [5.74, 6) is -6.42. The largest absolute Gasteiger partial charge is 0.508 e. The van der Waals surface area contributed by atoms with Crippen LogP contribution in [0.2, 0.25) is 0 Å². The van der Waals surface area contributed by atoms with Gasteiger partial charge in [0.05, 0.1) is 5.56 Å². The van der Waals surface area contributed by atoms with Crippen LogP contribution in [0.1, 0.15) is 36.5 Å². The average molecular weight is 527 g/mol. The van der Waals surface area contributed by atoms with Gasteiger partial charge in [-0.3, -0.25) is 14.4 Å². The number of nitrogens with zero attached hydrogens (tertiary/aromatic N) is 1. The summed E-state index contributed by atoms with van der Waals surface area (Å²) in [7, 11) is 3.64. The number of hydrogen-bond donors (Lipinski definition) is 7. The smallest absolute Gasteiger partial charge is 0.255 e. The molecule has 204 valence electrons. The number of hydrogen-bond acceptors (Lipinski definition) is 10. The summed E-state index contributed by atoms with van der Waals surface area (Å²) in [6.45, 7) is 7.41. The van der Waals surface area contributed by atoms with Crippen LogP contribution in [0, 0.1) is 11.8 Å². The summed E-state index contributed by atoms with van der Waals surface area (Å²) in [6, 6.07) is 1.80. The number of anilines is 1. The van der Waals surface area contributed by atoms with Gasteiger partial charge in [0.25, 0.3) is 5.91 Å². The van der Waals surface area contributed by atoms with E-state index in [1.54, 1.807) is 6.07 Å². The van der Waals surface area contributed by atoms with E-state index < -0.39 is 52.0 Å². The van der Waals surface area contributed by atoms with Gasteiger partial charge in [-0.25, -0.2) is 0 Å². The minimum atomic E-state index is -2.58. The Morgan fingerprint density at radius 3 is 2.53 bits per heavy atom. The SMILES string of the molecule is C=C(CNCC)NCc1cc(N(C)C)c2c(c1O)C(O)=C1C(=O)[C@]3(O)C(O)=C(C(N)=O)C(=O)C[C@@H]3CC1C2. The number of amides is 1. The second-order valence-corrected chi connectivity index (χ2v) is 10.3. The third-order valence-corrected chi connectivity index (χ3v) is 7.72. The fourth-order valence-corrected chi connectivity index (χ4v) is 5.82. The standard InChI is InChI=1S/C27H34N4O7/c1-5-29-10-12(2)30-11-14-8-17(31(3)4)16-7-13-6-15-9-18(32)21(26(28)37)25(36)27(15,38)24(35)19(13)23(34)20(16)22(14)33/h8,13,15,29-30,33-34,36,38H,2,5-7,9-11H2,1,3-4H3,(H2,28,37)/t13?,15-,27-/m0/s1. The number of phenols is 1. The molecule has 11 heteroatoms. The molecule has 1 fully saturated rings. The molecule has 1 aromatic carbocycles. The lowest BCUT2D eigenvalue weighted by Gasteiger charge is -2.46. The average Bonchev–Trinajstić information content (AvgIpc) is 2.83. The van der Waals surface area contributed by atoms with Gasteiger partial charge in [0, 0.05) is 62.0 Å². The molecule has 1 saturated carbocycles. The summed E-state index contributed by atoms with van der Waals surface area (Å²) in [5, 5.41) is 51.0. The molecule has 8 N–H and O–H groups in total. The zero-order valence-electron chi connectivity index (χ0n) is 21.7. The number of rotatable bonds is 8. The second kappa shape index (κ2) is 9.80. The Hall–Kier alpha value is -3.83. The number of nitrogens with one attached hydrogen (secondary N) is 2. The van der Waals surface area contributed by atoms with Gasteiger partial charge in [0.15, 0.2) is 11.4 Å². The quantitative estimate of drug-likeness (QED) is 0.238. The van der Waals surface area contributed by atoms with Gasteiger partial charge < -0.3 is 41.7 Å². The highest BCUT2D eigenvalue weighted by atomic mass is 16.3. The van der Waals surface area contributed by atoms with E-state index >= 15 is 0 Å². The number of aliphatic hydroxyl groups excluding tert-OH is 2. The lowest BCUT2D eigenvalue weighted by Crippen LogP contribution is -2.58. The molecule has 3 aliphatic rings. The second-order valence-electron chi connectivity index (χ2n) is 10.3. The molecule has 1 amide bonds. The Morgan fingerprint density at radius 1 is 1.24 bits per heavy atom. The van der Waals surface area contributed by atoms with Gasteiger partial charge in [-0.05, 0) is 36.9 Å². The maximum Gasteiger partial charge on any atom is 0.255 e. The van der Waals surface area contributed by atoms with Crippen molar-refractivity contribution in [3.63, 3.8) is 0 Å². The van der Waals surface area contributed by atoms with E-state index in [0.29, 0.717) is 23.4 Å². The molecular weight excluding hydrogens is 492 g/mol. The fourth-order valence-electron chi connectivity index (χ4n) is 5.82. The molecule has 0 saturated heterocycles. The van der Waals surface area contributed by atoms with Crippen molar-refractivity contribution >= 4 is 28.9 Å². The van der Waals surface area contributed by atoms with Gasteiger partial charge in [-0.15, -0.1) is 0 Å². The van der Waals surface area contributed by atoms with E-state index in [9.17, 15) is 34.8 Å². The number of ketones is 2. The summed E-state index contributed by atoms with van der Waals surface area (Å²) in [5.41, 5.74) is 4.25. The zero-order valence-corrected chi connectivity index (χ0v) is 21.7. The Morgan fingerprint density at radius 2 is 1.92 bits per heavy atom. The van der Waals surface area contributed by atoms with Gasteiger partial charge >= 0.3 is 0 Å². The van der Waals surface area contributed by atoms with Crippen LogP contribution >= 0.6 is 0 Å². The number of fused-ring (bicyclic) bond motifs is 3. The first-order chi connectivity index (χ1) is 17.8. The molecule has 0 aromatic heterocycles. The lowest BCUT2D eigenvalue weighted by atomic mass is 9.59. The first-order valence-corrected chi connectivity index (χ1v) is 12.5. The van der Waals surface area contributed by atoms with Crippen molar-refractivity contribution in [2.75, 3.05) is 32.1 Å². The highest BCUT2D eigenvalue weighted by Gasteiger charge is 2.60. The molecule has 3 atom stereocenters. The van der Waals surface area contributed by atoms with E-state index in [2.05, 4.69) is 17.2 Å². The molecule has 1 unspecified atom stereocenters. The maximum atomic E-state index is 13.7. The number of carbonyl (C=O) groups is 3. The van der Waals surface area contributed by atoms with Crippen molar-refractivity contribution in [3.8, 4) is 5.75 Å². The minimum absolute atomic E-state index is 0.0671. The van der Waals surface area contributed by atoms with Gasteiger partial charge in [0.1, 0.15) is 22.8 Å². The summed E-state index contributed by atoms with van der Waals surface area (Å²) in [6.07, 6.45) is -0.0183. The monoisotopic (exact) mass is 526 g/mol. The van der Waals surface area contributed by atoms with Crippen molar-refractivity contribution in [2.24, 2.45) is 17.6 Å². The van der Waals surface area contributed by atoms with Gasteiger partial charge in [-0.2, -0.15) is 0 Å². The van der Waals surface area contributed by atoms with Crippen LogP contribution in [0.25, 0.3) is 5.76 Å². The topological polar surface area (TPSA) is 185 Å². The van der Waals surface area contributed by atoms with E-state index in [4.69, 9.17) is 5.73 Å². The van der Waals surface area contributed by atoms with Crippen molar-refractivity contribution in [2.45, 2.75) is 38.3 Å². The third kappa shape index (κ3) is 4.11. The normalized spacial score (nSPS) is 24.5. The van der Waals surface area contributed by atoms with E-state index in [1.165, 1.54) is 0 Å². The van der Waals surface area contributed by atoms with Gasteiger partial charge in [-0.1, -0.05) is 13.5 Å². The van der Waals surface area contributed by atoms with Crippen LogP contribution in [0.3, 0.4) is 0 Å². The number of nitrogens with two attached hydrogens (primary N) is 1. The molecule has 0 aliphatic heterocycles. The predicted molar refractivity (Wildman–Crippen MR) is 140 cm³/mol. The first-order valence-electron chi connectivity index (χ1n) is 12.5. The van der Waals surface area contributed by atoms with Crippen molar-refractivity contribution < 1.29 is 34.8 Å². The number of likely N-dealkylation sites (N-methyl/N-ethyl adjacent to an activating group) is 1. The van der Waals surface area contributed by atoms with Crippen LogP contribution < -0.4 is 21.3 Å². The van der Waals surface area contributed by atoms with Crippen LogP contribution in [-0.4, -0.2) is 70.7 Å². The number of aliphatic hydroxyl groups is 3. The molecule has 38 heavy (non-hydrogen) atoms. The number of Topliss-reactive ketones (excluding diaryl/α,β-unsaturated/α-hetero) is 2. The molecule has 4 rings (SSSR count). The van der Waals surface area contributed by atoms with Crippen LogP contribution in [0.15, 0.2) is 35.2 Å². The molecule has 0 radical (unpaired) electrons. The fraction of sp³-hybridized carbons (Fsp3) is 0.444. The van der Waals surface area contributed by atoms with Crippen LogP contribution in [0.5, 0.6) is 5.75 Å². The Labute approximate surface area is 220 Å². The summed E-state index contributed by atoms with van der Waals surface area (Å²) < 4.78 is 0. The minimum Gasteiger partial charge on any atom is -0.508 e. The summed E-state index contributed by atoms with van der Waals surface area (Å²) in [4.78, 5) is 39.9. The van der Waals surface area contributed by atoms with Crippen molar-refractivity contribution in [3.05, 3.63) is 51.9 Å². The Kier molecular flexibility index (Phi) is 7.02. The molecule has 0 spiro atoms. The van der Waals surface area contributed by atoms with Crippen LogP contribution in [-0.2, 0) is 27.3 Å². The first kappa shape index (κ1) is 27.2. The number of carbonyl (C=O) groups excluding carboxylic acids is 3. The van der Waals surface area contributed by atoms with Crippen LogP contribution in [0.4, 0.5) is 5.69 Å². The molecule has 3 aliphatic carbocycles. The molecule has 11 nitrogen and oxygen atoms in total. The molecular formula is C27H34N4O7. The number of aromatic hydroxyl groups is 1. The van der Waals surface area contributed by atoms with Crippen molar-refractivity contribution in [1.82, 2.24) is 10.6 Å². The predicted octanol–water partition coefficient (Wildman–Crippen LogP) is 0.703. The highest BCUT2D eigenvalue weighted by Crippen LogP contribution is 2.53.